The van der Waals surface area contributed by atoms with Gasteiger partial charge in [0, 0.05) is 11.1 Å². The van der Waals surface area contributed by atoms with Gasteiger partial charge in [-0.15, -0.1) is 0 Å². The molecule has 156 valence electrons. The van der Waals surface area contributed by atoms with Gasteiger partial charge >= 0.3 is 6.18 Å². The molecule has 2 aromatic heterocycles. The van der Waals surface area contributed by atoms with E-state index in [9.17, 15) is 31.9 Å². The lowest BCUT2D eigenvalue weighted by Gasteiger charge is -2.17. The molecule has 0 aliphatic heterocycles. The molecule has 0 saturated heterocycles. The second kappa shape index (κ2) is 8.54. The van der Waals surface area contributed by atoms with Crippen molar-refractivity contribution in [3.63, 3.8) is 0 Å². The van der Waals surface area contributed by atoms with Crippen LogP contribution in [0.1, 0.15) is 27.7 Å². The number of pyridine rings is 2. The Bertz CT molecular complexity index is 1040. The fraction of sp³-hybridized carbons (Fsp3) is 0.150. The van der Waals surface area contributed by atoms with E-state index in [0.717, 1.165) is 36.7 Å². The molecular weight excluding hydrogens is 409 g/mol. The highest BCUT2D eigenvalue weighted by atomic mass is 19.4. The number of aromatic nitrogens is 2. The Balaban J connectivity index is 1.93. The summed E-state index contributed by atoms with van der Waals surface area (Å²) < 4.78 is 65.0. The molecule has 1 aromatic carbocycles. The van der Waals surface area contributed by atoms with E-state index in [0.29, 0.717) is 5.69 Å². The maximum absolute atomic E-state index is 13.1. The van der Waals surface area contributed by atoms with Gasteiger partial charge in [-0.2, -0.15) is 13.2 Å². The zero-order valence-corrected chi connectivity index (χ0v) is 15.1. The number of carbonyl (C=O) groups is 1. The summed E-state index contributed by atoms with van der Waals surface area (Å²) in [5.74, 6) is -1.95. The van der Waals surface area contributed by atoms with Gasteiger partial charge in [0.1, 0.15) is 11.6 Å². The summed E-state index contributed by atoms with van der Waals surface area (Å²) in [7, 11) is 0. The molecule has 0 radical (unpaired) electrons. The third-order valence-electron chi connectivity index (χ3n) is 4.09. The second-order valence-electron chi connectivity index (χ2n) is 6.30. The number of nitrogens with one attached hydrogen (secondary N) is 1. The van der Waals surface area contributed by atoms with Gasteiger partial charge in [-0.1, -0.05) is 0 Å². The number of halogens is 5. The third-order valence-corrected chi connectivity index (χ3v) is 4.09. The Morgan fingerprint density at radius 3 is 2.23 bits per heavy atom. The third kappa shape index (κ3) is 5.15. The van der Waals surface area contributed by atoms with E-state index >= 15 is 0 Å². The molecule has 2 heterocycles. The van der Waals surface area contributed by atoms with Crippen molar-refractivity contribution in [2.45, 2.75) is 18.8 Å². The first-order valence-corrected chi connectivity index (χ1v) is 8.54. The quantitative estimate of drug-likeness (QED) is 0.610. The SMILES string of the molecule is O=C(NCc1ccc(F)cn1)c1cc(-c2ccc(F)cn2)cc(C(O)C(F)(F)F)c1. The van der Waals surface area contributed by atoms with Crippen molar-refractivity contribution in [1.29, 1.82) is 0 Å². The lowest BCUT2D eigenvalue weighted by Crippen LogP contribution is -2.25. The van der Waals surface area contributed by atoms with Gasteiger partial charge in [0.15, 0.2) is 6.10 Å². The maximum atomic E-state index is 13.1. The minimum absolute atomic E-state index is 0.0841. The summed E-state index contributed by atoms with van der Waals surface area (Å²) in [6.07, 6.45) is -5.95. The van der Waals surface area contributed by atoms with E-state index in [2.05, 4.69) is 15.3 Å². The Morgan fingerprint density at radius 1 is 1.00 bits per heavy atom. The molecule has 0 aliphatic carbocycles. The Morgan fingerprint density at radius 2 is 1.67 bits per heavy atom. The molecule has 0 fully saturated rings. The van der Waals surface area contributed by atoms with E-state index < -0.39 is 35.4 Å². The van der Waals surface area contributed by atoms with Gasteiger partial charge in [0.25, 0.3) is 5.91 Å². The Kier molecular flexibility index (Phi) is 6.06. The highest BCUT2D eigenvalue weighted by Crippen LogP contribution is 2.34. The van der Waals surface area contributed by atoms with Gasteiger partial charge in [0.2, 0.25) is 0 Å². The summed E-state index contributed by atoms with van der Waals surface area (Å²) >= 11 is 0. The lowest BCUT2D eigenvalue weighted by atomic mass is 9.99. The molecule has 5 nitrogen and oxygen atoms in total. The van der Waals surface area contributed by atoms with Crippen molar-refractivity contribution in [1.82, 2.24) is 15.3 Å². The summed E-state index contributed by atoms with van der Waals surface area (Å²) in [4.78, 5) is 20.1. The van der Waals surface area contributed by atoms with E-state index in [1.165, 1.54) is 18.2 Å². The van der Waals surface area contributed by atoms with Crippen molar-refractivity contribution in [3.8, 4) is 11.3 Å². The number of alkyl halides is 3. The number of benzene rings is 1. The van der Waals surface area contributed by atoms with Gasteiger partial charge < -0.3 is 10.4 Å². The molecule has 1 atom stereocenters. The molecular formula is C20H14F5N3O2. The largest absolute Gasteiger partial charge is 0.418 e. The van der Waals surface area contributed by atoms with Crippen molar-refractivity contribution >= 4 is 5.91 Å². The van der Waals surface area contributed by atoms with Crippen LogP contribution in [0.25, 0.3) is 11.3 Å². The van der Waals surface area contributed by atoms with Crippen molar-refractivity contribution in [2.75, 3.05) is 0 Å². The molecule has 30 heavy (non-hydrogen) atoms. The molecule has 0 spiro atoms. The molecule has 0 saturated carbocycles. The summed E-state index contributed by atoms with van der Waals surface area (Å²) in [5, 5.41) is 12.1. The summed E-state index contributed by atoms with van der Waals surface area (Å²) in [5.41, 5.74) is -0.227. The maximum Gasteiger partial charge on any atom is 0.418 e. The van der Waals surface area contributed by atoms with Crippen LogP contribution in [0.2, 0.25) is 0 Å². The van der Waals surface area contributed by atoms with Crippen LogP contribution in [0.5, 0.6) is 0 Å². The van der Waals surface area contributed by atoms with E-state index in [1.54, 1.807) is 0 Å². The Labute approximate surface area is 167 Å². The molecule has 0 aliphatic rings. The number of carbonyl (C=O) groups excluding carboxylic acids is 1. The van der Waals surface area contributed by atoms with Crippen molar-refractivity contribution in [3.05, 3.63) is 83.3 Å². The van der Waals surface area contributed by atoms with E-state index in [4.69, 9.17) is 0 Å². The zero-order chi connectivity index (χ0) is 21.9. The van der Waals surface area contributed by atoms with Crippen LogP contribution in [-0.4, -0.2) is 27.2 Å². The number of hydrogen-bond donors (Lipinski definition) is 2. The van der Waals surface area contributed by atoms with Crippen molar-refractivity contribution < 1.29 is 31.9 Å². The highest BCUT2D eigenvalue weighted by molar-refractivity contribution is 5.95. The normalized spacial score (nSPS) is 12.5. The minimum Gasteiger partial charge on any atom is -0.379 e. The molecule has 2 N–H and O–H groups in total. The summed E-state index contributed by atoms with van der Waals surface area (Å²) in [6.45, 7) is -0.102. The Hall–Kier alpha value is -3.40. The van der Waals surface area contributed by atoms with Crippen molar-refractivity contribution in [2.24, 2.45) is 0 Å². The lowest BCUT2D eigenvalue weighted by molar-refractivity contribution is -0.206. The first-order valence-electron chi connectivity index (χ1n) is 8.54. The fourth-order valence-electron chi connectivity index (χ4n) is 2.61. The van der Waals surface area contributed by atoms with Crippen LogP contribution in [0.4, 0.5) is 22.0 Å². The standard InChI is InChI=1S/C20H14F5N3O2/c21-14-1-3-16(26-8-14)10-28-19(30)13-6-11(17-4-2-15(22)9-27-17)5-12(7-13)18(29)20(23,24)25/h1-9,18,29H,10H2,(H,28,30). The minimum atomic E-state index is -4.96. The van der Waals surface area contributed by atoms with Crippen LogP contribution < -0.4 is 5.32 Å². The van der Waals surface area contributed by atoms with Crippen LogP contribution in [0.3, 0.4) is 0 Å². The van der Waals surface area contributed by atoms with Gasteiger partial charge in [0.05, 0.1) is 30.3 Å². The van der Waals surface area contributed by atoms with Crippen LogP contribution in [0.15, 0.2) is 54.9 Å². The molecule has 3 aromatic rings. The van der Waals surface area contributed by atoms with Gasteiger partial charge in [-0.05, 0) is 48.0 Å². The number of nitrogens with zero attached hydrogens (tertiary/aromatic N) is 2. The van der Waals surface area contributed by atoms with Gasteiger partial charge in [-0.3, -0.25) is 14.8 Å². The predicted octanol–water partition coefficient (Wildman–Crippen LogP) is 3.95. The number of aliphatic hydroxyl groups excluding tert-OH is 1. The van der Waals surface area contributed by atoms with Crippen LogP contribution in [0, 0.1) is 11.6 Å². The predicted molar refractivity (Wildman–Crippen MR) is 96.0 cm³/mol. The number of hydrogen-bond acceptors (Lipinski definition) is 4. The molecule has 1 amide bonds. The number of rotatable bonds is 5. The highest BCUT2D eigenvalue weighted by Gasteiger charge is 2.39. The zero-order valence-electron chi connectivity index (χ0n) is 15.1. The smallest absolute Gasteiger partial charge is 0.379 e. The molecule has 10 heteroatoms. The first kappa shape index (κ1) is 21.3. The molecule has 1 unspecified atom stereocenters. The average Bonchev–Trinajstić information content (AvgIpc) is 2.72. The molecule has 0 bridgehead atoms. The monoisotopic (exact) mass is 423 g/mol. The topological polar surface area (TPSA) is 75.1 Å². The van der Waals surface area contributed by atoms with E-state index in [1.807, 2.05) is 0 Å². The average molecular weight is 423 g/mol. The number of amides is 1. The fourth-order valence-corrected chi connectivity index (χ4v) is 2.61. The number of aliphatic hydroxyl groups is 1. The van der Waals surface area contributed by atoms with Crippen LogP contribution in [-0.2, 0) is 6.54 Å². The summed E-state index contributed by atoms with van der Waals surface area (Å²) in [6, 6.07) is 7.98. The van der Waals surface area contributed by atoms with E-state index in [-0.39, 0.29) is 23.4 Å². The van der Waals surface area contributed by atoms with Gasteiger partial charge in [-0.25, -0.2) is 8.78 Å². The van der Waals surface area contributed by atoms with Crippen LogP contribution >= 0.6 is 0 Å². The first-order chi connectivity index (χ1) is 14.1. The second-order valence-corrected chi connectivity index (χ2v) is 6.30. The molecule has 3 rings (SSSR count).